The lowest BCUT2D eigenvalue weighted by molar-refractivity contribution is 0.191. The lowest BCUT2D eigenvalue weighted by atomic mass is 9.79. The summed E-state index contributed by atoms with van der Waals surface area (Å²) in [5.74, 6) is 0.670. The molecule has 88 valence electrons. The maximum absolute atomic E-state index is 10.1. The van der Waals surface area contributed by atoms with Crippen molar-refractivity contribution in [2.45, 2.75) is 66.4 Å². The molecule has 2 atom stereocenters. The van der Waals surface area contributed by atoms with Crippen LogP contribution in [0.2, 0.25) is 0 Å². The van der Waals surface area contributed by atoms with Gasteiger partial charge in [-0.2, -0.15) is 0 Å². The van der Waals surface area contributed by atoms with Crippen LogP contribution in [0.3, 0.4) is 0 Å². The molecule has 15 heavy (non-hydrogen) atoms. The molecule has 0 aromatic heterocycles. The molecule has 0 saturated heterocycles. The first kappa shape index (κ1) is 12.8. The van der Waals surface area contributed by atoms with Gasteiger partial charge in [-0.15, -0.1) is 0 Å². The molecule has 1 rings (SSSR count). The van der Waals surface area contributed by atoms with Crippen LogP contribution < -0.4 is 0 Å². The molecular formula is C14H26O. The molecular weight excluding hydrogens is 184 g/mol. The predicted octanol–water partition coefficient (Wildman–Crippen LogP) is 3.92. The Bertz CT molecular complexity index is 250. The van der Waals surface area contributed by atoms with Gasteiger partial charge in [0.05, 0.1) is 6.10 Å². The van der Waals surface area contributed by atoms with Gasteiger partial charge in [-0.1, -0.05) is 46.1 Å². The molecule has 0 heterocycles. The van der Waals surface area contributed by atoms with Gasteiger partial charge in [0.2, 0.25) is 0 Å². The molecule has 1 aliphatic rings. The minimum Gasteiger partial charge on any atom is -0.389 e. The molecule has 0 saturated carbocycles. The predicted molar refractivity (Wildman–Crippen MR) is 65.8 cm³/mol. The first-order valence-corrected chi connectivity index (χ1v) is 6.29. The summed E-state index contributed by atoms with van der Waals surface area (Å²) in [5.41, 5.74) is 3.03. The summed E-state index contributed by atoms with van der Waals surface area (Å²) in [6.07, 6.45) is 4.14. The van der Waals surface area contributed by atoms with Gasteiger partial charge in [-0.05, 0) is 36.7 Å². The summed E-state index contributed by atoms with van der Waals surface area (Å²) in [6, 6.07) is 0. The first-order chi connectivity index (χ1) is 6.91. The monoisotopic (exact) mass is 210 g/mol. The van der Waals surface area contributed by atoms with Crippen molar-refractivity contribution in [3.63, 3.8) is 0 Å². The fraction of sp³-hybridized carbons (Fsp3) is 0.857. The van der Waals surface area contributed by atoms with E-state index in [1.807, 2.05) is 0 Å². The van der Waals surface area contributed by atoms with Gasteiger partial charge in [-0.25, -0.2) is 0 Å². The standard InChI is InChI=1S/C14H26O/c1-6-7-8-13(15)12-9-10(2)14(4,5)11(12)3/h10,13,15H,6-9H2,1-5H3. The fourth-order valence-electron chi connectivity index (χ4n) is 2.48. The summed E-state index contributed by atoms with van der Waals surface area (Å²) in [5, 5.41) is 10.1. The average Bonchev–Trinajstić information content (AvgIpc) is 2.38. The number of hydrogen-bond acceptors (Lipinski definition) is 1. The van der Waals surface area contributed by atoms with Gasteiger partial charge in [0, 0.05) is 0 Å². The highest BCUT2D eigenvalue weighted by molar-refractivity contribution is 5.29. The number of unbranched alkanes of at least 4 members (excludes halogenated alkanes) is 1. The Kier molecular flexibility index (Phi) is 3.99. The number of aliphatic hydroxyl groups is 1. The van der Waals surface area contributed by atoms with Gasteiger partial charge < -0.3 is 5.11 Å². The maximum Gasteiger partial charge on any atom is 0.0752 e. The highest BCUT2D eigenvalue weighted by Crippen LogP contribution is 2.47. The van der Waals surface area contributed by atoms with Crippen LogP contribution in [-0.2, 0) is 0 Å². The Hall–Kier alpha value is -0.300. The second-order valence-electron chi connectivity index (χ2n) is 5.64. The Morgan fingerprint density at radius 3 is 2.47 bits per heavy atom. The van der Waals surface area contributed by atoms with Gasteiger partial charge >= 0.3 is 0 Å². The molecule has 0 aliphatic heterocycles. The second-order valence-corrected chi connectivity index (χ2v) is 5.64. The molecule has 0 bridgehead atoms. The smallest absolute Gasteiger partial charge is 0.0752 e. The summed E-state index contributed by atoms with van der Waals surface area (Å²) in [4.78, 5) is 0. The van der Waals surface area contributed by atoms with Crippen LogP contribution in [0.4, 0.5) is 0 Å². The fourth-order valence-corrected chi connectivity index (χ4v) is 2.48. The minimum absolute atomic E-state index is 0.186. The molecule has 1 N–H and O–H groups in total. The number of aliphatic hydroxyl groups excluding tert-OH is 1. The van der Waals surface area contributed by atoms with E-state index < -0.39 is 0 Å². The Balaban J connectivity index is 2.74. The van der Waals surface area contributed by atoms with E-state index in [1.165, 1.54) is 17.6 Å². The van der Waals surface area contributed by atoms with Crippen molar-refractivity contribution in [2.75, 3.05) is 0 Å². The van der Waals surface area contributed by atoms with Crippen molar-refractivity contribution in [3.8, 4) is 0 Å². The third-order valence-electron chi connectivity index (χ3n) is 4.44. The van der Waals surface area contributed by atoms with Gasteiger partial charge in [0.25, 0.3) is 0 Å². The van der Waals surface area contributed by atoms with Crippen LogP contribution in [0.1, 0.15) is 60.3 Å². The quantitative estimate of drug-likeness (QED) is 0.697. The second kappa shape index (κ2) is 4.69. The van der Waals surface area contributed by atoms with Crippen LogP contribution in [0, 0.1) is 11.3 Å². The highest BCUT2D eigenvalue weighted by atomic mass is 16.3. The van der Waals surface area contributed by atoms with E-state index in [0.29, 0.717) is 5.92 Å². The van der Waals surface area contributed by atoms with Crippen molar-refractivity contribution in [1.82, 2.24) is 0 Å². The van der Waals surface area contributed by atoms with Crippen molar-refractivity contribution in [3.05, 3.63) is 11.1 Å². The molecule has 0 aromatic carbocycles. The third-order valence-corrected chi connectivity index (χ3v) is 4.44. The van der Waals surface area contributed by atoms with E-state index in [4.69, 9.17) is 0 Å². The Morgan fingerprint density at radius 2 is 2.07 bits per heavy atom. The Labute approximate surface area is 94.6 Å². The topological polar surface area (TPSA) is 20.2 Å². The summed E-state index contributed by atoms with van der Waals surface area (Å²) < 4.78 is 0. The minimum atomic E-state index is -0.186. The molecule has 1 nitrogen and oxygen atoms in total. The average molecular weight is 210 g/mol. The SMILES string of the molecule is CCCCC(O)C1=C(C)C(C)(C)C(C)C1. The molecule has 1 heteroatoms. The Morgan fingerprint density at radius 1 is 1.47 bits per heavy atom. The van der Waals surface area contributed by atoms with E-state index in [0.717, 1.165) is 19.3 Å². The van der Waals surface area contributed by atoms with E-state index in [1.54, 1.807) is 0 Å². The van der Waals surface area contributed by atoms with Crippen LogP contribution in [0.5, 0.6) is 0 Å². The van der Waals surface area contributed by atoms with Crippen molar-refractivity contribution >= 4 is 0 Å². The first-order valence-electron chi connectivity index (χ1n) is 6.29. The number of hydrogen-bond donors (Lipinski definition) is 1. The lowest BCUT2D eigenvalue weighted by Gasteiger charge is -2.26. The van der Waals surface area contributed by atoms with Gasteiger partial charge in [0.15, 0.2) is 0 Å². The van der Waals surface area contributed by atoms with Gasteiger partial charge in [-0.3, -0.25) is 0 Å². The summed E-state index contributed by atoms with van der Waals surface area (Å²) in [6.45, 7) is 11.3. The maximum atomic E-state index is 10.1. The largest absolute Gasteiger partial charge is 0.389 e. The van der Waals surface area contributed by atoms with Crippen molar-refractivity contribution in [2.24, 2.45) is 11.3 Å². The zero-order valence-electron chi connectivity index (χ0n) is 10.9. The summed E-state index contributed by atoms with van der Waals surface area (Å²) in [7, 11) is 0. The van der Waals surface area contributed by atoms with Gasteiger partial charge in [0.1, 0.15) is 0 Å². The zero-order valence-corrected chi connectivity index (χ0v) is 10.9. The van der Waals surface area contributed by atoms with Crippen LogP contribution in [-0.4, -0.2) is 11.2 Å². The van der Waals surface area contributed by atoms with Crippen molar-refractivity contribution in [1.29, 1.82) is 0 Å². The van der Waals surface area contributed by atoms with Crippen LogP contribution in [0.25, 0.3) is 0 Å². The van der Waals surface area contributed by atoms with E-state index in [2.05, 4.69) is 34.6 Å². The number of rotatable bonds is 4. The third kappa shape index (κ3) is 2.44. The summed E-state index contributed by atoms with van der Waals surface area (Å²) >= 11 is 0. The zero-order chi connectivity index (χ0) is 11.6. The highest BCUT2D eigenvalue weighted by Gasteiger charge is 2.37. The normalized spacial score (nSPS) is 27.2. The van der Waals surface area contributed by atoms with E-state index >= 15 is 0 Å². The van der Waals surface area contributed by atoms with Crippen LogP contribution in [0.15, 0.2) is 11.1 Å². The van der Waals surface area contributed by atoms with Crippen LogP contribution >= 0.6 is 0 Å². The number of allylic oxidation sites excluding steroid dienone is 1. The molecule has 0 spiro atoms. The molecule has 0 fully saturated rings. The van der Waals surface area contributed by atoms with E-state index in [9.17, 15) is 5.11 Å². The lowest BCUT2D eigenvalue weighted by Crippen LogP contribution is -2.17. The molecule has 1 aliphatic carbocycles. The molecule has 0 aromatic rings. The molecule has 2 unspecified atom stereocenters. The molecule has 0 radical (unpaired) electrons. The van der Waals surface area contributed by atoms with E-state index in [-0.39, 0.29) is 11.5 Å². The molecule has 0 amide bonds. The van der Waals surface area contributed by atoms with Crippen molar-refractivity contribution < 1.29 is 5.11 Å².